The quantitative estimate of drug-likeness (QED) is 0.890. The summed E-state index contributed by atoms with van der Waals surface area (Å²) in [6.07, 6.45) is 1.50. The highest BCUT2D eigenvalue weighted by Crippen LogP contribution is 2.22. The van der Waals surface area contributed by atoms with Gasteiger partial charge < -0.3 is 5.11 Å². The third-order valence-electron chi connectivity index (χ3n) is 2.63. The van der Waals surface area contributed by atoms with Crippen LogP contribution in [0.1, 0.15) is 23.2 Å². The van der Waals surface area contributed by atoms with E-state index in [0.29, 0.717) is 13.0 Å². The van der Waals surface area contributed by atoms with Crippen LogP contribution in [0.2, 0.25) is 0 Å². The van der Waals surface area contributed by atoms with E-state index >= 15 is 0 Å². The predicted octanol–water partition coefficient (Wildman–Crippen LogP) is 1.10. The van der Waals surface area contributed by atoms with E-state index in [9.17, 15) is 13.2 Å². The van der Waals surface area contributed by atoms with E-state index in [0.717, 1.165) is 10.9 Å². The third-order valence-corrected chi connectivity index (χ3v) is 4.37. The molecule has 0 saturated carbocycles. The zero-order valence-electron chi connectivity index (χ0n) is 9.57. The molecule has 18 heavy (non-hydrogen) atoms. The maximum Gasteiger partial charge on any atom is 0.337 e. The average molecular weight is 271 g/mol. The zero-order valence-corrected chi connectivity index (χ0v) is 10.4. The number of aromatic carboxylic acids is 1. The molecule has 1 N–H and O–H groups in total. The summed E-state index contributed by atoms with van der Waals surface area (Å²) in [5, 5.41) is 9.00. The first kappa shape index (κ1) is 13.0. The summed E-state index contributed by atoms with van der Waals surface area (Å²) >= 11 is 0. The maximum atomic E-state index is 12.3. The Morgan fingerprint density at radius 2 is 2.00 bits per heavy atom. The summed E-state index contributed by atoms with van der Waals surface area (Å²) in [4.78, 5) is 15.9. The molecular weight excluding hydrogens is 258 g/mol. The molecule has 1 aliphatic heterocycles. The molecule has 1 aliphatic rings. The van der Waals surface area contributed by atoms with Crippen molar-refractivity contribution in [1.29, 1.82) is 0 Å². The standard InChI is InChI=1S/C11H13NO5S/c13-11(14)9-5-1-2-6-10(9)18(15,16)12-7-3-4-8-17-12/h1-2,5-6H,3-4,7-8H2,(H,13,14). The van der Waals surface area contributed by atoms with Crippen LogP contribution in [0.25, 0.3) is 0 Å². The maximum absolute atomic E-state index is 12.3. The van der Waals surface area contributed by atoms with Crippen molar-refractivity contribution in [3.63, 3.8) is 0 Å². The Bertz CT molecular complexity index is 548. The average Bonchev–Trinajstić information content (AvgIpc) is 2.39. The van der Waals surface area contributed by atoms with Gasteiger partial charge in [-0.1, -0.05) is 16.6 Å². The minimum atomic E-state index is -3.91. The van der Waals surface area contributed by atoms with E-state index in [4.69, 9.17) is 9.94 Å². The molecule has 0 atom stereocenters. The van der Waals surface area contributed by atoms with Crippen molar-refractivity contribution in [2.75, 3.05) is 13.2 Å². The van der Waals surface area contributed by atoms with Crippen LogP contribution >= 0.6 is 0 Å². The van der Waals surface area contributed by atoms with Crippen LogP contribution in [0.15, 0.2) is 29.2 Å². The number of carbonyl (C=O) groups is 1. The van der Waals surface area contributed by atoms with Crippen LogP contribution in [0.3, 0.4) is 0 Å². The van der Waals surface area contributed by atoms with Crippen LogP contribution in [0.5, 0.6) is 0 Å². The van der Waals surface area contributed by atoms with Crippen molar-refractivity contribution < 1.29 is 23.2 Å². The molecule has 0 bridgehead atoms. The van der Waals surface area contributed by atoms with Gasteiger partial charge >= 0.3 is 5.97 Å². The lowest BCUT2D eigenvalue weighted by Gasteiger charge is -2.25. The Balaban J connectivity index is 2.43. The second kappa shape index (κ2) is 5.05. The fourth-order valence-electron chi connectivity index (χ4n) is 1.74. The lowest BCUT2D eigenvalue weighted by Crippen LogP contribution is -2.36. The highest BCUT2D eigenvalue weighted by molar-refractivity contribution is 7.89. The molecule has 98 valence electrons. The van der Waals surface area contributed by atoms with Crippen molar-refractivity contribution in [3.8, 4) is 0 Å². The molecule has 1 aromatic carbocycles. The number of hydroxylamine groups is 1. The van der Waals surface area contributed by atoms with Gasteiger partial charge in [-0.15, -0.1) is 0 Å². The van der Waals surface area contributed by atoms with Crippen LogP contribution < -0.4 is 0 Å². The van der Waals surface area contributed by atoms with E-state index in [2.05, 4.69) is 0 Å². The Morgan fingerprint density at radius 1 is 1.28 bits per heavy atom. The summed E-state index contributed by atoms with van der Waals surface area (Å²) in [6.45, 7) is 0.574. The number of carboxylic acids is 1. The highest BCUT2D eigenvalue weighted by atomic mass is 32.2. The Hall–Kier alpha value is -1.44. The van der Waals surface area contributed by atoms with Crippen molar-refractivity contribution in [2.45, 2.75) is 17.7 Å². The monoisotopic (exact) mass is 271 g/mol. The van der Waals surface area contributed by atoms with Crippen molar-refractivity contribution in [1.82, 2.24) is 4.47 Å². The molecule has 1 fully saturated rings. The molecule has 6 nitrogen and oxygen atoms in total. The second-order valence-electron chi connectivity index (χ2n) is 3.87. The number of hydrogen-bond acceptors (Lipinski definition) is 4. The van der Waals surface area contributed by atoms with E-state index in [1.54, 1.807) is 0 Å². The Labute approximate surface area is 105 Å². The molecule has 0 unspecified atom stereocenters. The smallest absolute Gasteiger partial charge is 0.337 e. The normalized spacial score (nSPS) is 17.6. The Morgan fingerprint density at radius 3 is 2.61 bits per heavy atom. The fourth-order valence-corrected chi connectivity index (χ4v) is 3.23. The van der Waals surface area contributed by atoms with Gasteiger partial charge in [0.25, 0.3) is 10.0 Å². The summed E-state index contributed by atoms with van der Waals surface area (Å²) in [5.74, 6) is -1.27. The number of rotatable bonds is 3. The first-order valence-corrected chi connectivity index (χ1v) is 6.95. The molecule has 2 rings (SSSR count). The summed E-state index contributed by atoms with van der Waals surface area (Å²) in [6, 6.07) is 5.51. The summed E-state index contributed by atoms with van der Waals surface area (Å²) in [5.41, 5.74) is -0.244. The fraction of sp³-hybridized carbons (Fsp3) is 0.364. The van der Waals surface area contributed by atoms with Gasteiger partial charge in [-0.25, -0.2) is 13.2 Å². The Kier molecular flexibility index (Phi) is 3.65. The van der Waals surface area contributed by atoms with Gasteiger partial charge in [-0.3, -0.25) is 4.84 Å². The molecule has 0 radical (unpaired) electrons. The van der Waals surface area contributed by atoms with Gasteiger partial charge in [0.15, 0.2) is 0 Å². The molecule has 7 heteroatoms. The van der Waals surface area contributed by atoms with Crippen LogP contribution in [0, 0.1) is 0 Å². The number of hydrogen-bond donors (Lipinski definition) is 1. The lowest BCUT2D eigenvalue weighted by molar-refractivity contribution is -0.108. The zero-order chi connectivity index (χ0) is 13.2. The molecule has 1 saturated heterocycles. The first-order chi connectivity index (χ1) is 8.53. The topological polar surface area (TPSA) is 83.9 Å². The van der Waals surface area contributed by atoms with Gasteiger partial charge in [0, 0.05) is 6.54 Å². The number of sulfonamides is 1. The van der Waals surface area contributed by atoms with Crippen molar-refractivity contribution >= 4 is 16.0 Å². The van der Waals surface area contributed by atoms with E-state index in [1.807, 2.05) is 0 Å². The second-order valence-corrected chi connectivity index (χ2v) is 5.67. The van der Waals surface area contributed by atoms with Gasteiger partial charge in [0.2, 0.25) is 0 Å². The van der Waals surface area contributed by atoms with Crippen molar-refractivity contribution in [2.24, 2.45) is 0 Å². The minimum Gasteiger partial charge on any atom is -0.478 e. The van der Waals surface area contributed by atoms with Gasteiger partial charge in [0.1, 0.15) is 0 Å². The van der Waals surface area contributed by atoms with Gasteiger partial charge in [0.05, 0.1) is 17.1 Å². The first-order valence-electron chi connectivity index (χ1n) is 5.51. The van der Waals surface area contributed by atoms with Crippen molar-refractivity contribution in [3.05, 3.63) is 29.8 Å². The molecule has 0 aliphatic carbocycles. The molecule has 0 amide bonds. The SMILES string of the molecule is O=C(O)c1ccccc1S(=O)(=O)N1CCCCO1. The van der Waals surface area contributed by atoms with E-state index < -0.39 is 16.0 Å². The minimum absolute atomic E-state index is 0.237. The van der Waals surface area contributed by atoms with Crippen LogP contribution in [-0.4, -0.2) is 37.1 Å². The number of carboxylic acid groups (broad SMARTS) is 1. The predicted molar refractivity (Wildman–Crippen MR) is 62.5 cm³/mol. The number of benzene rings is 1. The van der Waals surface area contributed by atoms with E-state index in [-0.39, 0.29) is 17.0 Å². The molecule has 1 heterocycles. The van der Waals surface area contributed by atoms with Gasteiger partial charge in [-0.05, 0) is 25.0 Å². The van der Waals surface area contributed by atoms with Crippen LogP contribution in [-0.2, 0) is 14.9 Å². The third kappa shape index (κ3) is 2.38. The molecule has 0 spiro atoms. The molecule has 1 aromatic rings. The van der Waals surface area contributed by atoms with Crippen LogP contribution in [0.4, 0.5) is 0 Å². The molecule has 0 aromatic heterocycles. The largest absolute Gasteiger partial charge is 0.478 e. The number of nitrogens with zero attached hydrogens (tertiary/aromatic N) is 1. The van der Waals surface area contributed by atoms with E-state index in [1.165, 1.54) is 24.3 Å². The molecular formula is C11H13NO5S. The summed E-state index contributed by atoms with van der Waals surface area (Å²) in [7, 11) is -3.91. The summed E-state index contributed by atoms with van der Waals surface area (Å²) < 4.78 is 25.4. The highest BCUT2D eigenvalue weighted by Gasteiger charge is 2.30. The van der Waals surface area contributed by atoms with Gasteiger partial charge in [-0.2, -0.15) is 0 Å². The lowest BCUT2D eigenvalue weighted by atomic mass is 10.2.